The van der Waals surface area contributed by atoms with Gasteiger partial charge in [0.05, 0.1) is 5.69 Å². The predicted octanol–water partition coefficient (Wildman–Crippen LogP) is 4.31. The first kappa shape index (κ1) is 17.9. The molecule has 28 heavy (non-hydrogen) atoms. The topological polar surface area (TPSA) is 61.0 Å². The van der Waals surface area contributed by atoms with Crippen molar-refractivity contribution in [1.82, 2.24) is 14.9 Å². The van der Waals surface area contributed by atoms with Crippen LogP contribution in [-0.4, -0.2) is 33.9 Å². The summed E-state index contributed by atoms with van der Waals surface area (Å²) in [4.78, 5) is 21.7. The number of hydrogen-bond donors (Lipinski definition) is 2. The van der Waals surface area contributed by atoms with Gasteiger partial charge in [-0.3, -0.25) is 4.79 Å². The van der Waals surface area contributed by atoms with Gasteiger partial charge < -0.3 is 15.2 Å². The first-order valence-corrected chi connectivity index (χ1v) is 9.46. The number of carbonyl (C=O) groups is 1. The molecule has 5 nitrogen and oxygen atoms in total. The number of aromatic nitrogens is 2. The fraction of sp³-hybridized carbons (Fsp3) is 0.217. The van der Waals surface area contributed by atoms with E-state index in [0.29, 0.717) is 13.0 Å². The maximum absolute atomic E-state index is 11.9. The van der Waals surface area contributed by atoms with Crippen molar-refractivity contribution in [2.45, 2.75) is 19.8 Å². The zero-order chi connectivity index (χ0) is 19.5. The summed E-state index contributed by atoms with van der Waals surface area (Å²) in [5.41, 5.74) is 5.86. The lowest BCUT2D eigenvalue weighted by atomic mass is 10.0. The molecular formula is C23H22N4O. The molecule has 1 amide bonds. The SMILES string of the molecule is C#Cc1cccc(Nc2ccnc3[nH]c(C4=CCN(C(=O)CC)CC4)cc23)c1. The first-order chi connectivity index (χ1) is 13.7. The Morgan fingerprint density at radius 2 is 2.25 bits per heavy atom. The van der Waals surface area contributed by atoms with Crippen LogP contribution >= 0.6 is 0 Å². The average Bonchev–Trinajstić information content (AvgIpc) is 3.19. The number of anilines is 2. The largest absolute Gasteiger partial charge is 0.355 e. The Morgan fingerprint density at radius 1 is 1.36 bits per heavy atom. The molecule has 0 aliphatic carbocycles. The summed E-state index contributed by atoms with van der Waals surface area (Å²) in [6.45, 7) is 3.32. The Kier molecular flexibility index (Phi) is 4.86. The van der Waals surface area contributed by atoms with Crippen molar-refractivity contribution in [2.24, 2.45) is 0 Å². The highest BCUT2D eigenvalue weighted by Gasteiger charge is 2.18. The van der Waals surface area contributed by atoms with Crippen LogP contribution in [0.1, 0.15) is 31.0 Å². The molecule has 0 radical (unpaired) electrons. The highest BCUT2D eigenvalue weighted by atomic mass is 16.2. The van der Waals surface area contributed by atoms with Crippen LogP contribution in [0.4, 0.5) is 11.4 Å². The maximum Gasteiger partial charge on any atom is 0.222 e. The molecule has 0 saturated heterocycles. The predicted molar refractivity (Wildman–Crippen MR) is 113 cm³/mol. The normalized spacial score (nSPS) is 13.9. The van der Waals surface area contributed by atoms with E-state index in [1.165, 1.54) is 5.57 Å². The summed E-state index contributed by atoms with van der Waals surface area (Å²) in [6, 6.07) is 11.9. The van der Waals surface area contributed by atoms with Gasteiger partial charge in [0.1, 0.15) is 5.65 Å². The quantitative estimate of drug-likeness (QED) is 0.673. The number of amides is 1. The van der Waals surface area contributed by atoms with Crippen molar-refractivity contribution in [2.75, 3.05) is 18.4 Å². The van der Waals surface area contributed by atoms with E-state index < -0.39 is 0 Å². The number of terminal acetylenes is 1. The molecule has 0 atom stereocenters. The van der Waals surface area contributed by atoms with E-state index in [-0.39, 0.29) is 5.91 Å². The molecule has 140 valence electrons. The van der Waals surface area contributed by atoms with Crippen LogP contribution in [0.2, 0.25) is 0 Å². The number of aromatic amines is 1. The van der Waals surface area contributed by atoms with Crippen molar-refractivity contribution in [3.63, 3.8) is 0 Å². The van der Waals surface area contributed by atoms with Crippen LogP contribution in [0.25, 0.3) is 16.6 Å². The molecule has 2 aromatic heterocycles. The lowest BCUT2D eigenvalue weighted by molar-refractivity contribution is -0.130. The van der Waals surface area contributed by atoms with Crippen LogP contribution in [0.5, 0.6) is 0 Å². The van der Waals surface area contributed by atoms with Crippen LogP contribution in [-0.2, 0) is 4.79 Å². The number of nitrogens with one attached hydrogen (secondary N) is 2. The van der Waals surface area contributed by atoms with E-state index in [0.717, 1.165) is 46.6 Å². The van der Waals surface area contributed by atoms with Gasteiger partial charge in [-0.1, -0.05) is 25.0 Å². The number of rotatable bonds is 4. The minimum absolute atomic E-state index is 0.203. The molecule has 3 heterocycles. The monoisotopic (exact) mass is 370 g/mol. The fourth-order valence-corrected chi connectivity index (χ4v) is 3.52. The van der Waals surface area contributed by atoms with Crippen molar-refractivity contribution in [3.8, 4) is 12.3 Å². The second-order valence-electron chi connectivity index (χ2n) is 6.83. The molecule has 0 unspecified atom stereocenters. The lowest BCUT2D eigenvalue weighted by Crippen LogP contribution is -2.34. The van der Waals surface area contributed by atoms with E-state index in [1.54, 1.807) is 6.20 Å². The summed E-state index contributed by atoms with van der Waals surface area (Å²) < 4.78 is 0. The smallest absolute Gasteiger partial charge is 0.222 e. The zero-order valence-corrected chi connectivity index (χ0v) is 15.8. The maximum atomic E-state index is 11.9. The lowest BCUT2D eigenvalue weighted by Gasteiger charge is -2.25. The summed E-state index contributed by atoms with van der Waals surface area (Å²) in [5, 5.41) is 4.46. The van der Waals surface area contributed by atoms with Crippen LogP contribution < -0.4 is 5.32 Å². The molecule has 0 spiro atoms. The average molecular weight is 370 g/mol. The van der Waals surface area contributed by atoms with Crippen molar-refractivity contribution in [1.29, 1.82) is 0 Å². The minimum atomic E-state index is 0.203. The Hall–Kier alpha value is -3.52. The van der Waals surface area contributed by atoms with Crippen molar-refractivity contribution >= 4 is 33.9 Å². The number of benzene rings is 1. The molecule has 0 fully saturated rings. The third-order valence-electron chi connectivity index (χ3n) is 5.05. The second-order valence-corrected chi connectivity index (χ2v) is 6.83. The second kappa shape index (κ2) is 7.61. The van der Waals surface area contributed by atoms with E-state index >= 15 is 0 Å². The van der Waals surface area contributed by atoms with Gasteiger partial charge in [0.15, 0.2) is 0 Å². The van der Waals surface area contributed by atoms with E-state index in [2.05, 4.69) is 33.3 Å². The molecule has 2 N–H and O–H groups in total. The minimum Gasteiger partial charge on any atom is -0.355 e. The van der Waals surface area contributed by atoms with Gasteiger partial charge in [-0.05, 0) is 42.3 Å². The molecular weight excluding hydrogens is 348 g/mol. The summed E-state index contributed by atoms with van der Waals surface area (Å²) in [5.74, 6) is 2.86. The molecule has 3 aromatic rings. The Balaban J connectivity index is 1.62. The number of hydrogen-bond acceptors (Lipinski definition) is 3. The van der Waals surface area contributed by atoms with Gasteiger partial charge in [-0.2, -0.15) is 0 Å². The standard InChI is InChI=1S/C23H22N4O/c1-3-16-6-5-7-18(14-16)25-20-8-11-24-23-19(20)15-21(26-23)17-9-12-27(13-10-17)22(28)4-2/h1,5-9,11,14-15H,4,10,12-13H2,2H3,(H2,24,25,26). The van der Waals surface area contributed by atoms with Gasteiger partial charge in [-0.25, -0.2) is 4.98 Å². The molecule has 4 rings (SSSR count). The van der Waals surface area contributed by atoms with Gasteiger partial charge >= 0.3 is 0 Å². The third-order valence-corrected chi connectivity index (χ3v) is 5.05. The van der Waals surface area contributed by atoms with E-state index in [1.807, 2.05) is 42.2 Å². The third kappa shape index (κ3) is 3.49. The molecule has 1 aliphatic heterocycles. The number of H-pyrrole nitrogens is 1. The van der Waals surface area contributed by atoms with Crippen LogP contribution in [0.15, 0.2) is 48.7 Å². The van der Waals surface area contributed by atoms with E-state index in [9.17, 15) is 4.79 Å². The first-order valence-electron chi connectivity index (χ1n) is 9.46. The molecule has 0 saturated carbocycles. The Bertz CT molecular complexity index is 1100. The van der Waals surface area contributed by atoms with Gasteiger partial charge in [0, 0.05) is 48.0 Å². The Labute approximate surface area is 164 Å². The zero-order valence-electron chi connectivity index (χ0n) is 15.8. The fourth-order valence-electron chi connectivity index (χ4n) is 3.52. The summed E-state index contributed by atoms with van der Waals surface area (Å²) in [7, 11) is 0. The Morgan fingerprint density at radius 3 is 3.00 bits per heavy atom. The summed E-state index contributed by atoms with van der Waals surface area (Å²) >= 11 is 0. The van der Waals surface area contributed by atoms with Gasteiger partial charge in [0.2, 0.25) is 5.91 Å². The molecule has 1 aliphatic rings. The molecule has 5 heteroatoms. The number of pyridine rings is 1. The molecule has 0 bridgehead atoms. The van der Waals surface area contributed by atoms with Crippen LogP contribution in [0.3, 0.4) is 0 Å². The highest BCUT2D eigenvalue weighted by Crippen LogP contribution is 2.30. The van der Waals surface area contributed by atoms with Gasteiger partial charge in [-0.15, -0.1) is 6.42 Å². The van der Waals surface area contributed by atoms with E-state index in [4.69, 9.17) is 6.42 Å². The van der Waals surface area contributed by atoms with Crippen molar-refractivity contribution in [3.05, 3.63) is 59.9 Å². The summed E-state index contributed by atoms with van der Waals surface area (Å²) in [6.07, 6.45) is 10.8. The number of nitrogens with zero attached hydrogens (tertiary/aromatic N) is 2. The molecule has 1 aromatic carbocycles. The number of fused-ring (bicyclic) bond motifs is 1. The van der Waals surface area contributed by atoms with Gasteiger partial charge in [0.25, 0.3) is 0 Å². The highest BCUT2D eigenvalue weighted by molar-refractivity contribution is 5.94. The van der Waals surface area contributed by atoms with Crippen LogP contribution in [0, 0.1) is 12.3 Å². The number of carbonyl (C=O) groups excluding carboxylic acids is 1. The van der Waals surface area contributed by atoms with Crippen molar-refractivity contribution < 1.29 is 4.79 Å².